The van der Waals surface area contributed by atoms with Crippen LogP contribution in [0.4, 0.5) is 14.9 Å². The SMILES string of the molecule is O=C(NC[C@@H]1CCS(=O)(=O)C1)Nc1ccc(OC2CCC2)c(F)c1. The third-order valence-corrected chi connectivity index (χ3v) is 6.25. The number of anilines is 1. The van der Waals surface area contributed by atoms with Crippen molar-refractivity contribution >= 4 is 21.6 Å². The zero-order chi connectivity index (χ0) is 17.2. The highest BCUT2D eigenvalue weighted by Gasteiger charge is 2.28. The lowest BCUT2D eigenvalue weighted by Gasteiger charge is -2.26. The van der Waals surface area contributed by atoms with Gasteiger partial charge in [-0.25, -0.2) is 17.6 Å². The number of rotatable bonds is 5. The normalized spacial score (nSPS) is 22.6. The van der Waals surface area contributed by atoms with E-state index in [0.29, 0.717) is 12.1 Å². The molecule has 2 amide bonds. The maximum absolute atomic E-state index is 14.0. The second kappa shape index (κ2) is 6.96. The molecule has 2 fully saturated rings. The third kappa shape index (κ3) is 4.37. The molecule has 1 aromatic carbocycles. The Morgan fingerprint density at radius 2 is 2.08 bits per heavy atom. The van der Waals surface area contributed by atoms with Gasteiger partial charge in [0.05, 0.1) is 17.6 Å². The van der Waals surface area contributed by atoms with Crippen LogP contribution >= 0.6 is 0 Å². The summed E-state index contributed by atoms with van der Waals surface area (Å²) in [6.07, 6.45) is 3.64. The second-order valence-corrected chi connectivity index (χ2v) is 8.65. The summed E-state index contributed by atoms with van der Waals surface area (Å²) >= 11 is 0. The van der Waals surface area contributed by atoms with Crippen molar-refractivity contribution in [3.63, 3.8) is 0 Å². The van der Waals surface area contributed by atoms with Crippen molar-refractivity contribution in [3.05, 3.63) is 24.0 Å². The van der Waals surface area contributed by atoms with Gasteiger partial charge in [-0.05, 0) is 43.7 Å². The summed E-state index contributed by atoms with van der Waals surface area (Å²) in [4.78, 5) is 11.8. The second-order valence-electron chi connectivity index (χ2n) is 6.42. The first kappa shape index (κ1) is 17.0. The first-order valence-electron chi connectivity index (χ1n) is 8.13. The highest BCUT2D eigenvalue weighted by molar-refractivity contribution is 7.91. The van der Waals surface area contributed by atoms with Gasteiger partial charge in [0.25, 0.3) is 0 Å². The first-order valence-corrected chi connectivity index (χ1v) is 9.95. The molecule has 1 saturated heterocycles. The molecule has 0 aromatic heterocycles. The molecule has 2 aliphatic rings. The summed E-state index contributed by atoms with van der Waals surface area (Å²) < 4.78 is 42.2. The van der Waals surface area contributed by atoms with Gasteiger partial charge >= 0.3 is 6.03 Å². The quantitative estimate of drug-likeness (QED) is 0.848. The van der Waals surface area contributed by atoms with E-state index >= 15 is 0 Å². The van der Waals surface area contributed by atoms with E-state index in [9.17, 15) is 17.6 Å². The van der Waals surface area contributed by atoms with Crippen LogP contribution in [0.15, 0.2) is 18.2 Å². The average molecular weight is 356 g/mol. The van der Waals surface area contributed by atoms with Crippen LogP contribution in [0.3, 0.4) is 0 Å². The highest BCUT2D eigenvalue weighted by atomic mass is 32.2. The van der Waals surface area contributed by atoms with Crippen molar-refractivity contribution in [1.82, 2.24) is 5.32 Å². The molecule has 132 valence electrons. The van der Waals surface area contributed by atoms with Crippen LogP contribution < -0.4 is 15.4 Å². The Morgan fingerprint density at radius 1 is 1.29 bits per heavy atom. The third-order valence-electron chi connectivity index (χ3n) is 4.41. The lowest BCUT2D eigenvalue weighted by Crippen LogP contribution is -2.33. The number of hydrogen-bond acceptors (Lipinski definition) is 4. The van der Waals surface area contributed by atoms with Gasteiger partial charge in [0.15, 0.2) is 21.4 Å². The van der Waals surface area contributed by atoms with Crippen molar-refractivity contribution in [1.29, 1.82) is 0 Å². The van der Waals surface area contributed by atoms with Crippen LogP contribution in [0.25, 0.3) is 0 Å². The Bertz CT molecular complexity index is 719. The molecule has 0 radical (unpaired) electrons. The smallest absolute Gasteiger partial charge is 0.319 e. The fourth-order valence-electron chi connectivity index (χ4n) is 2.79. The molecular weight excluding hydrogens is 335 g/mol. The Labute approximate surface area is 140 Å². The van der Waals surface area contributed by atoms with Gasteiger partial charge in [0.2, 0.25) is 0 Å². The number of hydrogen-bond donors (Lipinski definition) is 2. The fraction of sp³-hybridized carbons (Fsp3) is 0.562. The predicted octanol–water partition coefficient (Wildman–Crippen LogP) is 2.31. The van der Waals surface area contributed by atoms with Crippen molar-refractivity contribution in [2.45, 2.75) is 31.8 Å². The van der Waals surface area contributed by atoms with Crippen molar-refractivity contribution < 1.29 is 22.3 Å². The Hall–Kier alpha value is -1.83. The molecule has 24 heavy (non-hydrogen) atoms. The van der Waals surface area contributed by atoms with Gasteiger partial charge < -0.3 is 15.4 Å². The summed E-state index contributed by atoms with van der Waals surface area (Å²) in [6.45, 7) is 0.288. The molecule has 6 nitrogen and oxygen atoms in total. The van der Waals surface area contributed by atoms with Crippen LogP contribution in [0, 0.1) is 11.7 Å². The van der Waals surface area contributed by atoms with E-state index in [2.05, 4.69) is 10.6 Å². The molecule has 1 aliphatic carbocycles. The number of halogens is 1. The van der Waals surface area contributed by atoms with Gasteiger partial charge in [-0.15, -0.1) is 0 Å². The van der Waals surface area contributed by atoms with E-state index in [1.54, 1.807) is 6.07 Å². The average Bonchev–Trinajstić information content (AvgIpc) is 2.82. The van der Waals surface area contributed by atoms with E-state index in [-0.39, 0.29) is 35.8 Å². The summed E-state index contributed by atoms with van der Waals surface area (Å²) in [5, 5.41) is 5.17. The largest absolute Gasteiger partial charge is 0.487 e. The van der Waals surface area contributed by atoms with E-state index in [1.807, 2.05) is 0 Å². The Kier molecular flexibility index (Phi) is 4.93. The van der Waals surface area contributed by atoms with E-state index in [1.165, 1.54) is 12.1 Å². The number of amides is 2. The number of urea groups is 1. The first-order chi connectivity index (χ1) is 11.4. The molecule has 1 aromatic rings. The number of ether oxygens (including phenoxy) is 1. The van der Waals surface area contributed by atoms with Crippen LogP contribution in [-0.4, -0.2) is 38.6 Å². The molecule has 0 bridgehead atoms. The van der Waals surface area contributed by atoms with Crippen LogP contribution in [0.5, 0.6) is 5.75 Å². The molecule has 1 atom stereocenters. The Balaban J connectivity index is 1.48. The number of carbonyl (C=O) groups excluding carboxylic acids is 1. The highest BCUT2D eigenvalue weighted by Crippen LogP contribution is 2.28. The van der Waals surface area contributed by atoms with Gasteiger partial charge in [0.1, 0.15) is 0 Å². The maximum Gasteiger partial charge on any atom is 0.319 e. The summed E-state index contributed by atoms with van der Waals surface area (Å²) in [7, 11) is -2.96. The standard InChI is InChI=1S/C16H21FN2O4S/c17-14-8-12(4-5-15(14)23-13-2-1-3-13)19-16(20)18-9-11-6-7-24(21,22)10-11/h4-5,8,11,13H,1-3,6-7,9-10H2,(H2,18,19,20)/t11-/m0/s1. The molecule has 1 aliphatic heterocycles. The summed E-state index contributed by atoms with van der Waals surface area (Å²) in [6, 6.07) is 3.82. The maximum atomic E-state index is 14.0. The molecule has 2 N–H and O–H groups in total. The van der Waals surface area contributed by atoms with E-state index in [4.69, 9.17) is 4.74 Å². The zero-order valence-electron chi connectivity index (χ0n) is 13.3. The van der Waals surface area contributed by atoms with Gasteiger partial charge in [0, 0.05) is 18.3 Å². The van der Waals surface area contributed by atoms with Crippen LogP contribution in [0.1, 0.15) is 25.7 Å². The lowest BCUT2D eigenvalue weighted by molar-refractivity contribution is 0.115. The molecule has 0 unspecified atom stereocenters. The zero-order valence-corrected chi connectivity index (χ0v) is 14.1. The predicted molar refractivity (Wildman–Crippen MR) is 88.4 cm³/mol. The van der Waals surface area contributed by atoms with Gasteiger partial charge in [-0.2, -0.15) is 0 Å². The molecule has 1 saturated carbocycles. The minimum Gasteiger partial charge on any atom is -0.487 e. The van der Waals surface area contributed by atoms with E-state index < -0.39 is 21.7 Å². The van der Waals surface area contributed by atoms with Gasteiger partial charge in [-0.1, -0.05) is 0 Å². The monoisotopic (exact) mass is 356 g/mol. The van der Waals surface area contributed by atoms with Crippen molar-refractivity contribution in [2.75, 3.05) is 23.4 Å². The minimum absolute atomic E-state index is 0.0595. The van der Waals surface area contributed by atoms with Crippen molar-refractivity contribution in [3.8, 4) is 5.75 Å². The number of sulfone groups is 1. The van der Waals surface area contributed by atoms with Crippen LogP contribution in [-0.2, 0) is 9.84 Å². The van der Waals surface area contributed by atoms with Crippen LogP contribution in [0.2, 0.25) is 0 Å². The van der Waals surface area contributed by atoms with Gasteiger partial charge in [-0.3, -0.25) is 0 Å². The minimum atomic E-state index is -2.96. The number of nitrogens with one attached hydrogen (secondary N) is 2. The van der Waals surface area contributed by atoms with E-state index in [0.717, 1.165) is 19.3 Å². The van der Waals surface area contributed by atoms with Crippen molar-refractivity contribution in [2.24, 2.45) is 5.92 Å². The molecule has 3 rings (SSSR count). The molecule has 1 heterocycles. The number of carbonyl (C=O) groups is 1. The Morgan fingerprint density at radius 3 is 2.67 bits per heavy atom. The fourth-order valence-corrected chi connectivity index (χ4v) is 4.65. The lowest BCUT2D eigenvalue weighted by atomic mass is 9.96. The topological polar surface area (TPSA) is 84.5 Å². The summed E-state index contributed by atoms with van der Waals surface area (Å²) in [5.74, 6) is -0.0943. The summed E-state index contributed by atoms with van der Waals surface area (Å²) in [5.41, 5.74) is 0.324. The molecule has 0 spiro atoms. The molecular formula is C16H21FN2O4S. The molecule has 8 heteroatoms. The number of benzene rings is 1.